The second-order valence-electron chi connectivity index (χ2n) is 5.48. The molecule has 0 saturated heterocycles. The number of nitrogens with two attached hydrogens (primary N) is 1. The third-order valence-corrected chi connectivity index (χ3v) is 4.34. The molecule has 100 valence electrons. The van der Waals surface area contributed by atoms with Crippen LogP contribution in [0.3, 0.4) is 0 Å². The summed E-state index contributed by atoms with van der Waals surface area (Å²) >= 11 is 0. The second-order valence-corrected chi connectivity index (χ2v) is 5.48. The third-order valence-electron chi connectivity index (χ3n) is 4.34. The van der Waals surface area contributed by atoms with Crippen LogP contribution in [0.2, 0.25) is 0 Å². The first kappa shape index (κ1) is 13.3. The van der Waals surface area contributed by atoms with E-state index in [2.05, 4.69) is 18.9 Å². The van der Waals surface area contributed by atoms with Crippen molar-refractivity contribution in [3.8, 4) is 0 Å². The van der Waals surface area contributed by atoms with Crippen LogP contribution in [0.1, 0.15) is 51.3 Å². The van der Waals surface area contributed by atoms with Crippen LogP contribution >= 0.6 is 0 Å². The van der Waals surface area contributed by atoms with Crippen molar-refractivity contribution in [2.45, 2.75) is 52.0 Å². The van der Waals surface area contributed by atoms with E-state index in [4.69, 9.17) is 5.73 Å². The maximum absolute atomic E-state index is 12.3. The molecule has 1 saturated carbocycles. The highest BCUT2D eigenvalue weighted by molar-refractivity contribution is 5.87. The minimum atomic E-state index is -0.236. The number of aromatic nitrogens is 2. The smallest absolute Gasteiger partial charge is 0.146 e. The van der Waals surface area contributed by atoms with Crippen LogP contribution in [0.4, 0.5) is 0 Å². The van der Waals surface area contributed by atoms with Crippen LogP contribution in [0.5, 0.6) is 0 Å². The summed E-state index contributed by atoms with van der Waals surface area (Å²) in [4.78, 5) is 12.3. The highest BCUT2D eigenvalue weighted by Crippen LogP contribution is 2.41. The van der Waals surface area contributed by atoms with Gasteiger partial charge in [0.2, 0.25) is 0 Å². The van der Waals surface area contributed by atoms with Gasteiger partial charge in [-0.3, -0.25) is 9.48 Å². The average molecular weight is 249 g/mol. The molecule has 0 amide bonds. The quantitative estimate of drug-likeness (QED) is 0.839. The van der Waals surface area contributed by atoms with Gasteiger partial charge >= 0.3 is 0 Å². The zero-order chi connectivity index (χ0) is 13.2. The third kappa shape index (κ3) is 2.34. The largest absolute Gasteiger partial charge is 0.329 e. The lowest BCUT2D eigenvalue weighted by atomic mass is 9.65. The molecular weight excluding hydrogens is 226 g/mol. The van der Waals surface area contributed by atoms with Gasteiger partial charge in [0.15, 0.2) is 0 Å². The molecule has 1 unspecified atom stereocenters. The molecule has 0 spiro atoms. The van der Waals surface area contributed by atoms with Crippen molar-refractivity contribution in [3.05, 3.63) is 18.0 Å². The highest BCUT2D eigenvalue weighted by Gasteiger charge is 2.42. The fourth-order valence-electron chi connectivity index (χ4n) is 2.46. The van der Waals surface area contributed by atoms with Crippen molar-refractivity contribution in [2.24, 2.45) is 11.1 Å². The van der Waals surface area contributed by atoms with Crippen molar-refractivity contribution in [2.75, 3.05) is 6.54 Å². The predicted molar refractivity (Wildman–Crippen MR) is 71.3 cm³/mol. The molecule has 18 heavy (non-hydrogen) atoms. The van der Waals surface area contributed by atoms with E-state index >= 15 is 0 Å². The molecule has 1 heterocycles. The van der Waals surface area contributed by atoms with Gasteiger partial charge in [0.25, 0.3) is 0 Å². The van der Waals surface area contributed by atoms with E-state index in [1.807, 2.05) is 16.9 Å². The molecule has 0 radical (unpaired) electrons. The molecule has 1 aromatic rings. The fraction of sp³-hybridized carbons (Fsp3) is 0.714. The van der Waals surface area contributed by atoms with Crippen molar-refractivity contribution in [1.29, 1.82) is 0 Å². The number of carbonyl (C=O) groups is 1. The molecule has 2 rings (SSSR count). The first-order valence-electron chi connectivity index (χ1n) is 6.88. The van der Waals surface area contributed by atoms with E-state index in [0.717, 1.165) is 31.4 Å². The summed E-state index contributed by atoms with van der Waals surface area (Å²) < 4.78 is 1.94. The Morgan fingerprint density at radius 2 is 2.33 bits per heavy atom. The Morgan fingerprint density at radius 3 is 2.83 bits per heavy atom. The monoisotopic (exact) mass is 249 g/mol. The minimum Gasteiger partial charge on any atom is -0.329 e. The van der Waals surface area contributed by atoms with Gasteiger partial charge in [-0.1, -0.05) is 13.3 Å². The Morgan fingerprint density at radius 1 is 1.61 bits per heavy atom. The van der Waals surface area contributed by atoms with Gasteiger partial charge in [0.05, 0.1) is 12.1 Å². The molecule has 2 N–H and O–H groups in total. The molecule has 0 aliphatic heterocycles. The lowest BCUT2D eigenvalue weighted by molar-refractivity contribution is -0.132. The lowest BCUT2D eigenvalue weighted by Gasteiger charge is -2.39. The van der Waals surface area contributed by atoms with Gasteiger partial charge in [-0.05, 0) is 32.3 Å². The summed E-state index contributed by atoms with van der Waals surface area (Å²) in [6.07, 6.45) is 6.47. The van der Waals surface area contributed by atoms with E-state index in [1.54, 1.807) is 0 Å². The van der Waals surface area contributed by atoms with Gasteiger partial charge in [0, 0.05) is 24.2 Å². The molecule has 4 heteroatoms. The molecule has 1 aromatic heterocycles. The van der Waals surface area contributed by atoms with Crippen LogP contribution in [-0.4, -0.2) is 22.1 Å². The number of nitrogens with zero attached hydrogens (tertiary/aromatic N) is 2. The Bertz CT molecular complexity index is 415. The van der Waals surface area contributed by atoms with Crippen LogP contribution in [0, 0.1) is 5.41 Å². The number of hydrogen-bond donors (Lipinski definition) is 1. The molecule has 0 bridgehead atoms. The number of rotatable bonds is 6. The Balaban J connectivity index is 2.01. The van der Waals surface area contributed by atoms with Crippen molar-refractivity contribution in [1.82, 2.24) is 9.78 Å². The van der Waals surface area contributed by atoms with Gasteiger partial charge in [-0.15, -0.1) is 0 Å². The summed E-state index contributed by atoms with van der Waals surface area (Å²) in [5.74, 6) is 0.269. The van der Waals surface area contributed by atoms with Gasteiger partial charge in [-0.2, -0.15) is 5.10 Å². The SMILES string of the molecule is CCC(C)n1ccc(CC(=O)C2(CN)CCC2)n1. The Labute approximate surface area is 109 Å². The summed E-state index contributed by atoms with van der Waals surface area (Å²) in [6, 6.07) is 2.34. The van der Waals surface area contributed by atoms with Crippen LogP contribution in [0.15, 0.2) is 12.3 Å². The normalized spacial score (nSPS) is 19.3. The molecular formula is C14H23N3O. The predicted octanol–water partition coefficient (Wildman–Crippen LogP) is 2.09. The zero-order valence-electron chi connectivity index (χ0n) is 11.4. The topological polar surface area (TPSA) is 60.9 Å². The van der Waals surface area contributed by atoms with E-state index in [1.165, 1.54) is 0 Å². The maximum Gasteiger partial charge on any atom is 0.146 e. The lowest BCUT2D eigenvalue weighted by Crippen LogP contribution is -2.45. The van der Waals surface area contributed by atoms with Crippen molar-refractivity contribution < 1.29 is 4.79 Å². The molecule has 1 aliphatic rings. The minimum absolute atomic E-state index is 0.236. The first-order chi connectivity index (χ1) is 8.61. The van der Waals surface area contributed by atoms with Gasteiger partial charge < -0.3 is 5.73 Å². The molecule has 1 aliphatic carbocycles. The summed E-state index contributed by atoms with van der Waals surface area (Å²) in [7, 11) is 0. The molecule has 1 atom stereocenters. The van der Waals surface area contributed by atoms with E-state index < -0.39 is 0 Å². The molecule has 4 nitrogen and oxygen atoms in total. The van der Waals surface area contributed by atoms with E-state index in [9.17, 15) is 4.79 Å². The first-order valence-corrected chi connectivity index (χ1v) is 6.88. The highest BCUT2D eigenvalue weighted by atomic mass is 16.1. The van der Waals surface area contributed by atoms with E-state index in [-0.39, 0.29) is 11.2 Å². The summed E-state index contributed by atoms with van der Waals surface area (Å²) in [5, 5.41) is 4.48. The standard InChI is InChI=1S/C14H23N3O/c1-3-11(2)17-8-5-12(16-17)9-13(18)14(10-15)6-4-7-14/h5,8,11H,3-4,6-7,9-10,15H2,1-2H3. The van der Waals surface area contributed by atoms with Gasteiger partial charge in [0.1, 0.15) is 5.78 Å². The number of Topliss-reactive ketones (excluding diaryl/α,β-unsaturated/α-hetero) is 1. The second kappa shape index (κ2) is 5.22. The maximum atomic E-state index is 12.3. The Hall–Kier alpha value is -1.16. The fourth-order valence-corrected chi connectivity index (χ4v) is 2.46. The summed E-state index contributed by atoms with van der Waals surface area (Å²) in [6.45, 7) is 4.75. The molecule has 0 aromatic carbocycles. The van der Waals surface area contributed by atoms with Gasteiger partial charge in [-0.25, -0.2) is 0 Å². The van der Waals surface area contributed by atoms with Crippen molar-refractivity contribution >= 4 is 5.78 Å². The number of hydrogen-bond acceptors (Lipinski definition) is 3. The van der Waals surface area contributed by atoms with Crippen LogP contribution < -0.4 is 5.73 Å². The van der Waals surface area contributed by atoms with Crippen LogP contribution in [-0.2, 0) is 11.2 Å². The zero-order valence-corrected chi connectivity index (χ0v) is 11.4. The number of ketones is 1. The van der Waals surface area contributed by atoms with Crippen LogP contribution in [0.25, 0.3) is 0 Å². The van der Waals surface area contributed by atoms with E-state index in [0.29, 0.717) is 19.0 Å². The Kier molecular flexibility index (Phi) is 3.85. The molecule has 1 fully saturated rings. The average Bonchev–Trinajstić information content (AvgIpc) is 2.76. The number of carbonyl (C=O) groups excluding carboxylic acids is 1. The van der Waals surface area contributed by atoms with Crippen molar-refractivity contribution in [3.63, 3.8) is 0 Å². The summed E-state index contributed by atoms with van der Waals surface area (Å²) in [5.41, 5.74) is 6.39.